The fourth-order valence-corrected chi connectivity index (χ4v) is 1.75. The number of para-hydroxylation sites is 2. The van der Waals surface area contributed by atoms with E-state index in [2.05, 4.69) is 12.2 Å². The summed E-state index contributed by atoms with van der Waals surface area (Å²) in [4.78, 5) is 0. The van der Waals surface area contributed by atoms with Crippen molar-refractivity contribution in [3.05, 3.63) is 24.3 Å². The van der Waals surface area contributed by atoms with Gasteiger partial charge in [-0.2, -0.15) is 0 Å². The van der Waals surface area contributed by atoms with Gasteiger partial charge in [0.15, 0.2) is 11.5 Å². The third-order valence-electron chi connectivity index (χ3n) is 2.49. The molecule has 1 N–H and O–H groups in total. The predicted molar refractivity (Wildman–Crippen MR) is 70.9 cm³/mol. The largest absolute Gasteiger partial charge is 0.490 e. The van der Waals surface area contributed by atoms with Crippen LogP contribution in [0, 0.1) is 0 Å². The maximum atomic E-state index is 5.99. The Morgan fingerprint density at radius 1 is 1.18 bits per heavy atom. The highest BCUT2D eigenvalue weighted by Gasteiger charge is 2.11. The monoisotopic (exact) mass is 237 g/mol. The maximum Gasteiger partial charge on any atom is 0.161 e. The summed E-state index contributed by atoms with van der Waals surface area (Å²) in [5, 5.41) is 3.16. The van der Waals surface area contributed by atoms with E-state index < -0.39 is 0 Å². The van der Waals surface area contributed by atoms with Gasteiger partial charge in [0.2, 0.25) is 0 Å². The fourth-order valence-electron chi connectivity index (χ4n) is 1.75. The molecule has 0 aliphatic heterocycles. The summed E-state index contributed by atoms with van der Waals surface area (Å²) in [6.07, 6.45) is 2.36. The summed E-state index contributed by atoms with van der Waals surface area (Å²) in [6.45, 7) is 5.66. The molecule has 3 nitrogen and oxygen atoms in total. The quantitative estimate of drug-likeness (QED) is 0.754. The molecule has 17 heavy (non-hydrogen) atoms. The van der Waals surface area contributed by atoms with Crippen LogP contribution in [-0.4, -0.2) is 26.3 Å². The zero-order valence-electron chi connectivity index (χ0n) is 11.0. The van der Waals surface area contributed by atoms with Crippen LogP contribution in [0.2, 0.25) is 0 Å². The summed E-state index contributed by atoms with van der Waals surface area (Å²) in [7, 11) is 1.94. The minimum absolute atomic E-state index is 0.201. The Morgan fingerprint density at radius 3 is 2.47 bits per heavy atom. The Morgan fingerprint density at radius 2 is 1.88 bits per heavy atom. The van der Waals surface area contributed by atoms with Crippen molar-refractivity contribution >= 4 is 0 Å². The van der Waals surface area contributed by atoms with Crippen molar-refractivity contribution in [2.75, 3.05) is 20.2 Å². The second-order valence-corrected chi connectivity index (χ2v) is 3.97. The van der Waals surface area contributed by atoms with Crippen molar-refractivity contribution in [1.29, 1.82) is 0 Å². The summed E-state index contributed by atoms with van der Waals surface area (Å²) in [6, 6.07) is 7.84. The van der Waals surface area contributed by atoms with Gasteiger partial charge in [-0.25, -0.2) is 0 Å². The van der Waals surface area contributed by atoms with Gasteiger partial charge in [0.05, 0.1) is 6.61 Å². The van der Waals surface area contributed by atoms with Crippen LogP contribution < -0.4 is 14.8 Å². The molecule has 1 aromatic carbocycles. The number of benzene rings is 1. The van der Waals surface area contributed by atoms with E-state index in [1.165, 1.54) is 0 Å². The molecule has 0 aliphatic carbocycles. The van der Waals surface area contributed by atoms with Crippen LogP contribution in [-0.2, 0) is 0 Å². The second kappa shape index (κ2) is 7.96. The standard InChI is InChI=1S/C14H23NO2/c1-4-8-12(11-15-3)17-14-10-7-6-9-13(14)16-5-2/h6-7,9-10,12,15H,4-5,8,11H2,1-3H3. The summed E-state index contributed by atoms with van der Waals surface area (Å²) in [5.41, 5.74) is 0. The molecular formula is C14H23NO2. The topological polar surface area (TPSA) is 30.5 Å². The van der Waals surface area contributed by atoms with E-state index in [4.69, 9.17) is 9.47 Å². The van der Waals surface area contributed by atoms with E-state index in [1.54, 1.807) is 0 Å². The molecule has 1 atom stereocenters. The van der Waals surface area contributed by atoms with Crippen molar-refractivity contribution in [3.8, 4) is 11.5 Å². The maximum absolute atomic E-state index is 5.99. The number of hydrogen-bond donors (Lipinski definition) is 1. The molecule has 0 amide bonds. The summed E-state index contributed by atoms with van der Waals surface area (Å²) < 4.78 is 11.5. The van der Waals surface area contributed by atoms with Crippen molar-refractivity contribution in [2.24, 2.45) is 0 Å². The van der Waals surface area contributed by atoms with Crippen molar-refractivity contribution < 1.29 is 9.47 Å². The molecule has 0 heterocycles. The van der Waals surface area contributed by atoms with Crippen LogP contribution in [0.4, 0.5) is 0 Å². The first-order chi connectivity index (χ1) is 8.31. The zero-order chi connectivity index (χ0) is 12.5. The zero-order valence-corrected chi connectivity index (χ0v) is 11.0. The molecule has 0 fully saturated rings. The van der Waals surface area contributed by atoms with Crippen LogP contribution >= 0.6 is 0 Å². The average Bonchev–Trinajstić information content (AvgIpc) is 2.33. The molecular weight excluding hydrogens is 214 g/mol. The number of likely N-dealkylation sites (N-methyl/N-ethyl adjacent to an activating group) is 1. The Kier molecular flexibility index (Phi) is 6.48. The van der Waals surface area contributed by atoms with Gasteiger partial charge in [-0.15, -0.1) is 0 Å². The van der Waals surface area contributed by atoms with Gasteiger partial charge in [0, 0.05) is 6.54 Å². The van der Waals surface area contributed by atoms with Crippen LogP contribution in [0.5, 0.6) is 11.5 Å². The molecule has 0 saturated carbocycles. The molecule has 1 aromatic rings. The van der Waals surface area contributed by atoms with Crippen molar-refractivity contribution in [2.45, 2.75) is 32.8 Å². The first kappa shape index (κ1) is 13.8. The molecule has 0 aliphatic rings. The van der Waals surface area contributed by atoms with E-state index in [9.17, 15) is 0 Å². The number of rotatable bonds is 8. The van der Waals surface area contributed by atoms with Crippen LogP contribution in [0.1, 0.15) is 26.7 Å². The normalized spacial score (nSPS) is 12.2. The van der Waals surface area contributed by atoms with Crippen molar-refractivity contribution in [3.63, 3.8) is 0 Å². The van der Waals surface area contributed by atoms with E-state index in [0.29, 0.717) is 6.61 Å². The van der Waals surface area contributed by atoms with Crippen LogP contribution in [0.3, 0.4) is 0 Å². The Bertz CT molecular complexity index is 309. The molecule has 0 spiro atoms. The predicted octanol–water partition coefficient (Wildman–Crippen LogP) is 2.85. The molecule has 0 saturated heterocycles. The lowest BCUT2D eigenvalue weighted by atomic mass is 10.2. The van der Waals surface area contributed by atoms with Gasteiger partial charge in [0.25, 0.3) is 0 Å². The Balaban J connectivity index is 2.69. The highest BCUT2D eigenvalue weighted by atomic mass is 16.5. The first-order valence-corrected chi connectivity index (χ1v) is 6.34. The van der Waals surface area contributed by atoms with E-state index in [0.717, 1.165) is 30.9 Å². The number of hydrogen-bond acceptors (Lipinski definition) is 3. The van der Waals surface area contributed by atoms with Crippen molar-refractivity contribution in [1.82, 2.24) is 5.32 Å². The second-order valence-electron chi connectivity index (χ2n) is 3.97. The van der Waals surface area contributed by atoms with Gasteiger partial charge < -0.3 is 14.8 Å². The lowest BCUT2D eigenvalue weighted by Gasteiger charge is -2.20. The van der Waals surface area contributed by atoms with Gasteiger partial charge in [0.1, 0.15) is 6.10 Å². The SMILES string of the molecule is CCCC(CNC)Oc1ccccc1OCC. The van der Waals surface area contributed by atoms with E-state index in [1.807, 2.05) is 38.2 Å². The third-order valence-corrected chi connectivity index (χ3v) is 2.49. The van der Waals surface area contributed by atoms with E-state index in [-0.39, 0.29) is 6.10 Å². The van der Waals surface area contributed by atoms with Crippen LogP contribution in [0.25, 0.3) is 0 Å². The fraction of sp³-hybridized carbons (Fsp3) is 0.571. The minimum Gasteiger partial charge on any atom is -0.490 e. The van der Waals surface area contributed by atoms with Gasteiger partial charge in [-0.05, 0) is 32.5 Å². The summed E-state index contributed by atoms with van der Waals surface area (Å²) >= 11 is 0. The van der Waals surface area contributed by atoms with Gasteiger partial charge >= 0.3 is 0 Å². The Labute approximate surface area is 104 Å². The molecule has 1 unspecified atom stereocenters. The molecule has 96 valence electrons. The smallest absolute Gasteiger partial charge is 0.161 e. The molecule has 0 radical (unpaired) electrons. The first-order valence-electron chi connectivity index (χ1n) is 6.34. The highest BCUT2D eigenvalue weighted by molar-refractivity contribution is 5.39. The molecule has 0 aromatic heterocycles. The van der Waals surface area contributed by atoms with E-state index >= 15 is 0 Å². The minimum atomic E-state index is 0.201. The van der Waals surface area contributed by atoms with Gasteiger partial charge in [-0.1, -0.05) is 25.5 Å². The Hall–Kier alpha value is -1.22. The highest BCUT2D eigenvalue weighted by Crippen LogP contribution is 2.27. The van der Waals surface area contributed by atoms with Gasteiger partial charge in [-0.3, -0.25) is 0 Å². The molecule has 0 bridgehead atoms. The number of ether oxygens (including phenoxy) is 2. The van der Waals surface area contributed by atoms with Crippen LogP contribution in [0.15, 0.2) is 24.3 Å². The average molecular weight is 237 g/mol. The third kappa shape index (κ3) is 4.65. The summed E-state index contributed by atoms with van der Waals surface area (Å²) in [5.74, 6) is 1.66. The molecule has 3 heteroatoms. The lowest BCUT2D eigenvalue weighted by Crippen LogP contribution is -2.29. The number of nitrogens with one attached hydrogen (secondary N) is 1. The lowest BCUT2D eigenvalue weighted by molar-refractivity contribution is 0.179. The molecule has 1 rings (SSSR count).